The first-order valence-corrected chi connectivity index (χ1v) is 9.69. The van der Waals surface area contributed by atoms with Crippen molar-refractivity contribution in [3.05, 3.63) is 52.2 Å². The van der Waals surface area contributed by atoms with Crippen LogP contribution >= 0.6 is 11.3 Å². The Bertz CT molecular complexity index is 1290. The van der Waals surface area contributed by atoms with E-state index in [1.807, 2.05) is 40.8 Å². The monoisotopic (exact) mass is 375 g/mol. The van der Waals surface area contributed by atoms with Crippen LogP contribution in [-0.2, 0) is 0 Å². The second-order valence-corrected chi connectivity index (χ2v) is 7.89. The highest BCUT2D eigenvalue weighted by molar-refractivity contribution is 7.24. The van der Waals surface area contributed by atoms with E-state index in [2.05, 4.69) is 22.9 Å². The number of thiazole rings is 1. The van der Waals surface area contributed by atoms with Gasteiger partial charge in [-0.15, -0.1) is 11.3 Å². The quantitative estimate of drug-likeness (QED) is 0.512. The van der Waals surface area contributed by atoms with Crippen LogP contribution in [0.15, 0.2) is 41.2 Å². The summed E-state index contributed by atoms with van der Waals surface area (Å²) >= 11 is 1.46. The lowest BCUT2D eigenvalue weighted by Crippen LogP contribution is -2.44. The summed E-state index contributed by atoms with van der Waals surface area (Å²) in [6.07, 6.45) is 0. The molecule has 0 aliphatic carbocycles. The van der Waals surface area contributed by atoms with Crippen LogP contribution in [0.4, 0.5) is 5.82 Å². The summed E-state index contributed by atoms with van der Waals surface area (Å²) in [4.78, 5) is 23.0. The molecule has 0 bridgehead atoms. The number of likely N-dealkylation sites (N-methyl/N-ethyl adjacent to an activating group) is 1. The molecule has 1 aliphatic heterocycles. The van der Waals surface area contributed by atoms with E-state index in [0.717, 1.165) is 42.2 Å². The molecule has 0 unspecified atom stereocenters. The Morgan fingerprint density at radius 3 is 2.67 bits per heavy atom. The van der Waals surface area contributed by atoms with Gasteiger partial charge in [0, 0.05) is 26.2 Å². The third-order valence-corrected chi connectivity index (χ3v) is 6.36. The van der Waals surface area contributed by atoms with Crippen LogP contribution in [0.5, 0.6) is 0 Å². The number of piperazine rings is 1. The van der Waals surface area contributed by atoms with E-state index in [-0.39, 0.29) is 11.0 Å². The summed E-state index contributed by atoms with van der Waals surface area (Å²) in [5.41, 5.74) is 1.55. The topological polar surface area (TPSA) is 64.6 Å². The van der Waals surface area contributed by atoms with Gasteiger partial charge in [0.15, 0.2) is 5.65 Å². The van der Waals surface area contributed by atoms with Crippen molar-refractivity contribution in [2.75, 3.05) is 38.1 Å². The van der Waals surface area contributed by atoms with Gasteiger partial charge in [-0.05, 0) is 31.3 Å². The van der Waals surface area contributed by atoms with Crippen LogP contribution in [0.1, 0.15) is 5.56 Å². The first kappa shape index (κ1) is 16.2. The normalized spacial score (nSPS) is 15.6. The molecule has 0 saturated carbocycles. The van der Waals surface area contributed by atoms with Crippen molar-refractivity contribution < 1.29 is 0 Å². The molecule has 1 fully saturated rings. The number of aromatic nitrogens is 2. The number of nitrogens with zero attached hydrogens (tertiary/aromatic N) is 5. The zero-order valence-electron chi connectivity index (χ0n) is 14.8. The smallest absolute Gasteiger partial charge is 0.210 e. The lowest BCUT2D eigenvalue weighted by Gasteiger charge is -2.33. The molecule has 0 amide bonds. The van der Waals surface area contributed by atoms with Crippen molar-refractivity contribution in [3.8, 4) is 6.07 Å². The van der Waals surface area contributed by atoms with Gasteiger partial charge in [0.1, 0.15) is 22.3 Å². The highest BCUT2D eigenvalue weighted by Gasteiger charge is 2.20. The van der Waals surface area contributed by atoms with Crippen LogP contribution in [0.2, 0.25) is 0 Å². The number of rotatable bonds is 1. The lowest BCUT2D eigenvalue weighted by atomic mass is 10.2. The molecule has 1 saturated heterocycles. The van der Waals surface area contributed by atoms with Crippen LogP contribution in [0, 0.1) is 11.3 Å². The number of fused-ring (bicyclic) bond motifs is 5. The maximum Gasteiger partial charge on any atom is 0.210 e. The number of benzene rings is 1. The van der Waals surface area contributed by atoms with Crippen molar-refractivity contribution in [2.24, 2.45) is 0 Å². The number of hydrogen-bond acceptors (Lipinski definition) is 6. The van der Waals surface area contributed by atoms with E-state index in [0.29, 0.717) is 15.9 Å². The summed E-state index contributed by atoms with van der Waals surface area (Å²) in [6, 6.07) is 13.8. The molecule has 0 N–H and O–H groups in total. The molecule has 1 aliphatic rings. The van der Waals surface area contributed by atoms with Crippen molar-refractivity contribution in [2.45, 2.75) is 0 Å². The highest BCUT2D eigenvalue weighted by Crippen LogP contribution is 2.31. The number of para-hydroxylation sites is 1. The molecular weight excluding hydrogens is 358 g/mol. The highest BCUT2D eigenvalue weighted by atomic mass is 32.1. The Kier molecular flexibility index (Phi) is 3.64. The van der Waals surface area contributed by atoms with Crippen LogP contribution in [0.3, 0.4) is 0 Å². The molecule has 27 heavy (non-hydrogen) atoms. The summed E-state index contributed by atoms with van der Waals surface area (Å²) in [5.74, 6) is 0.879. The molecule has 0 radical (unpaired) electrons. The average Bonchev–Trinajstić information content (AvgIpc) is 3.08. The van der Waals surface area contributed by atoms with Crippen LogP contribution in [-0.4, -0.2) is 47.5 Å². The fourth-order valence-electron chi connectivity index (χ4n) is 3.69. The molecule has 3 aromatic heterocycles. The lowest BCUT2D eigenvalue weighted by molar-refractivity contribution is 0.312. The summed E-state index contributed by atoms with van der Waals surface area (Å²) in [6.45, 7) is 3.80. The second-order valence-electron chi connectivity index (χ2n) is 6.86. The molecular formula is C20H17N5OS. The Hall–Kier alpha value is -2.95. The predicted octanol–water partition coefficient (Wildman–Crippen LogP) is 2.69. The maximum absolute atomic E-state index is 12.9. The van der Waals surface area contributed by atoms with Gasteiger partial charge >= 0.3 is 0 Å². The average molecular weight is 375 g/mol. The fraction of sp³-hybridized carbons (Fsp3) is 0.250. The van der Waals surface area contributed by atoms with Crippen LogP contribution < -0.4 is 10.3 Å². The van der Waals surface area contributed by atoms with Crippen molar-refractivity contribution in [3.63, 3.8) is 0 Å². The largest absolute Gasteiger partial charge is 0.354 e. The first-order valence-electron chi connectivity index (χ1n) is 8.88. The fourth-order valence-corrected chi connectivity index (χ4v) is 4.82. The minimum atomic E-state index is -0.239. The maximum atomic E-state index is 12.9. The summed E-state index contributed by atoms with van der Waals surface area (Å²) in [5, 5.41) is 10.1. The van der Waals surface area contributed by atoms with Gasteiger partial charge < -0.3 is 9.80 Å². The van der Waals surface area contributed by atoms with Gasteiger partial charge in [0.2, 0.25) is 5.43 Å². The van der Waals surface area contributed by atoms with E-state index >= 15 is 0 Å². The van der Waals surface area contributed by atoms with E-state index in [1.54, 1.807) is 0 Å². The van der Waals surface area contributed by atoms with Gasteiger partial charge in [-0.2, -0.15) is 5.26 Å². The number of pyridine rings is 2. The molecule has 0 spiro atoms. The minimum absolute atomic E-state index is 0.192. The van der Waals surface area contributed by atoms with Gasteiger partial charge in [0.05, 0.1) is 15.6 Å². The van der Waals surface area contributed by atoms with Crippen molar-refractivity contribution in [1.29, 1.82) is 5.26 Å². The van der Waals surface area contributed by atoms with Gasteiger partial charge in [-0.25, -0.2) is 4.98 Å². The SMILES string of the molecule is CN1CCN(c2ccc3c(=O)c(C#N)c4sc5ccccc5n4c3n2)CC1. The standard InChI is InChI=1S/C20H17N5OS/c1-23-8-10-24(11-9-23)17-7-6-13-18(26)14(12-21)20-25(19(13)22-17)15-4-2-3-5-16(15)27-20/h2-7H,8-11H2,1H3. The molecule has 5 rings (SSSR count). The molecule has 7 heteroatoms. The van der Waals surface area contributed by atoms with Crippen molar-refractivity contribution >= 4 is 43.2 Å². The Morgan fingerprint density at radius 1 is 1.11 bits per heavy atom. The van der Waals surface area contributed by atoms with E-state index in [1.165, 1.54) is 11.3 Å². The van der Waals surface area contributed by atoms with Gasteiger partial charge in [-0.3, -0.25) is 9.20 Å². The zero-order valence-corrected chi connectivity index (χ0v) is 15.7. The third kappa shape index (κ3) is 2.41. The molecule has 1 aromatic carbocycles. The molecule has 4 aromatic rings. The molecule has 6 nitrogen and oxygen atoms in total. The Labute approximate surface area is 159 Å². The minimum Gasteiger partial charge on any atom is -0.354 e. The van der Waals surface area contributed by atoms with Crippen molar-refractivity contribution in [1.82, 2.24) is 14.3 Å². The number of hydrogen-bond donors (Lipinski definition) is 0. The third-order valence-electron chi connectivity index (χ3n) is 5.21. The number of anilines is 1. The molecule has 4 heterocycles. The van der Waals surface area contributed by atoms with Gasteiger partial charge in [0.25, 0.3) is 0 Å². The zero-order chi connectivity index (χ0) is 18.5. The molecule has 0 atom stereocenters. The first-order chi connectivity index (χ1) is 13.2. The Morgan fingerprint density at radius 2 is 1.89 bits per heavy atom. The molecule has 134 valence electrons. The van der Waals surface area contributed by atoms with E-state index in [4.69, 9.17) is 4.98 Å². The van der Waals surface area contributed by atoms with Crippen LogP contribution in [0.25, 0.3) is 26.1 Å². The second kappa shape index (κ2) is 6.05. The predicted molar refractivity (Wildman–Crippen MR) is 109 cm³/mol. The van der Waals surface area contributed by atoms with E-state index < -0.39 is 0 Å². The van der Waals surface area contributed by atoms with Gasteiger partial charge in [-0.1, -0.05) is 12.1 Å². The summed E-state index contributed by atoms with van der Waals surface area (Å²) < 4.78 is 3.00. The summed E-state index contributed by atoms with van der Waals surface area (Å²) in [7, 11) is 2.12. The Balaban J connectivity index is 1.85. The van der Waals surface area contributed by atoms with E-state index in [9.17, 15) is 10.1 Å². The number of nitriles is 1.